The molecular formula is C16H18N4O2. The van der Waals surface area contributed by atoms with E-state index < -0.39 is 0 Å². The van der Waals surface area contributed by atoms with Gasteiger partial charge in [0.25, 0.3) is 5.91 Å². The van der Waals surface area contributed by atoms with Gasteiger partial charge in [-0.05, 0) is 31.9 Å². The minimum absolute atomic E-state index is 0.170. The van der Waals surface area contributed by atoms with Crippen molar-refractivity contribution >= 4 is 17.4 Å². The quantitative estimate of drug-likeness (QED) is 0.857. The lowest BCUT2D eigenvalue weighted by atomic mass is 10.3. The van der Waals surface area contributed by atoms with Crippen molar-refractivity contribution in [1.29, 1.82) is 0 Å². The van der Waals surface area contributed by atoms with Gasteiger partial charge in [0, 0.05) is 6.04 Å². The summed E-state index contributed by atoms with van der Waals surface area (Å²) in [5.74, 6) is 1.15. The fourth-order valence-corrected chi connectivity index (χ4v) is 1.99. The van der Waals surface area contributed by atoms with E-state index >= 15 is 0 Å². The molecule has 0 bridgehead atoms. The minimum Gasteiger partial charge on any atom is -0.492 e. The smallest absolute Gasteiger partial charge is 0.271 e. The van der Waals surface area contributed by atoms with Crippen LogP contribution in [0.5, 0.6) is 5.75 Å². The summed E-state index contributed by atoms with van der Waals surface area (Å²) in [4.78, 5) is 20.2. The molecule has 1 aliphatic rings. The predicted molar refractivity (Wildman–Crippen MR) is 83.4 cm³/mol. The van der Waals surface area contributed by atoms with Gasteiger partial charge in [-0.3, -0.25) is 4.79 Å². The molecule has 0 saturated heterocycles. The number of nitrogens with one attached hydrogen (secondary N) is 2. The number of amides is 1. The molecule has 0 radical (unpaired) electrons. The fourth-order valence-electron chi connectivity index (χ4n) is 1.99. The first-order chi connectivity index (χ1) is 10.8. The van der Waals surface area contributed by atoms with E-state index in [0.717, 1.165) is 24.3 Å². The van der Waals surface area contributed by atoms with Gasteiger partial charge in [-0.1, -0.05) is 12.1 Å². The second-order valence-electron chi connectivity index (χ2n) is 5.09. The van der Waals surface area contributed by atoms with Crippen LogP contribution in [-0.2, 0) is 0 Å². The van der Waals surface area contributed by atoms with Crippen molar-refractivity contribution in [3.63, 3.8) is 0 Å². The Morgan fingerprint density at radius 3 is 2.77 bits per heavy atom. The predicted octanol–water partition coefficient (Wildman–Crippen LogP) is 2.51. The number of nitrogens with zero attached hydrogens (tertiary/aromatic N) is 2. The molecule has 0 aliphatic heterocycles. The lowest BCUT2D eigenvalue weighted by Gasteiger charge is -2.11. The van der Waals surface area contributed by atoms with Crippen LogP contribution < -0.4 is 15.4 Å². The summed E-state index contributed by atoms with van der Waals surface area (Å²) in [7, 11) is 0. The third kappa shape index (κ3) is 3.52. The van der Waals surface area contributed by atoms with Crippen LogP contribution >= 0.6 is 0 Å². The van der Waals surface area contributed by atoms with Gasteiger partial charge in [-0.15, -0.1) is 0 Å². The first kappa shape index (κ1) is 14.3. The van der Waals surface area contributed by atoms with Crippen LogP contribution in [0.3, 0.4) is 0 Å². The molecule has 2 aromatic rings. The van der Waals surface area contributed by atoms with Gasteiger partial charge in [0.2, 0.25) is 0 Å². The van der Waals surface area contributed by atoms with E-state index in [1.54, 1.807) is 6.20 Å². The van der Waals surface area contributed by atoms with Crippen molar-refractivity contribution in [3.8, 4) is 5.75 Å². The van der Waals surface area contributed by atoms with Crippen LogP contribution in [0.25, 0.3) is 0 Å². The van der Waals surface area contributed by atoms with Crippen molar-refractivity contribution in [2.45, 2.75) is 25.8 Å². The molecule has 22 heavy (non-hydrogen) atoms. The summed E-state index contributed by atoms with van der Waals surface area (Å²) in [6.07, 6.45) is 5.12. The minimum atomic E-state index is -0.170. The highest BCUT2D eigenvalue weighted by Crippen LogP contribution is 2.26. The second-order valence-corrected chi connectivity index (χ2v) is 5.09. The van der Waals surface area contributed by atoms with Gasteiger partial charge in [-0.25, -0.2) is 9.97 Å². The number of carbonyl (C=O) groups is 1. The van der Waals surface area contributed by atoms with Crippen LogP contribution in [0.15, 0.2) is 36.7 Å². The van der Waals surface area contributed by atoms with Crippen LogP contribution in [-0.4, -0.2) is 28.5 Å². The first-order valence-electron chi connectivity index (χ1n) is 7.38. The Bertz CT molecular complexity index is 653. The number of ether oxygens (including phenoxy) is 1. The van der Waals surface area contributed by atoms with E-state index in [1.165, 1.54) is 6.20 Å². The largest absolute Gasteiger partial charge is 0.492 e. The van der Waals surface area contributed by atoms with E-state index in [4.69, 9.17) is 4.74 Å². The average molecular weight is 298 g/mol. The standard InChI is InChI=1S/C16H18N4O2/c1-2-22-14-6-4-3-5-12(14)20-15-10-17-13(9-18-15)16(21)19-11-7-8-11/h3-6,9-11H,2,7-8H2,1H3,(H,18,20)(H,19,21). The maximum atomic E-state index is 11.8. The van der Waals surface area contributed by atoms with Crippen molar-refractivity contribution in [1.82, 2.24) is 15.3 Å². The zero-order chi connectivity index (χ0) is 15.4. The zero-order valence-electron chi connectivity index (χ0n) is 12.4. The molecule has 1 aromatic carbocycles. The summed E-state index contributed by atoms with van der Waals surface area (Å²) < 4.78 is 5.55. The number of anilines is 2. The number of carbonyl (C=O) groups excluding carboxylic acids is 1. The molecule has 0 unspecified atom stereocenters. The molecule has 1 amide bonds. The first-order valence-corrected chi connectivity index (χ1v) is 7.38. The monoisotopic (exact) mass is 298 g/mol. The Balaban J connectivity index is 1.69. The average Bonchev–Trinajstić information content (AvgIpc) is 3.34. The van der Waals surface area contributed by atoms with Crippen molar-refractivity contribution in [2.24, 2.45) is 0 Å². The van der Waals surface area contributed by atoms with Gasteiger partial charge in [0.1, 0.15) is 17.3 Å². The number of aromatic nitrogens is 2. The molecule has 1 aliphatic carbocycles. The molecule has 1 saturated carbocycles. The third-order valence-electron chi connectivity index (χ3n) is 3.25. The SMILES string of the molecule is CCOc1ccccc1Nc1cnc(C(=O)NC2CC2)cn1. The Hall–Kier alpha value is -2.63. The molecule has 0 atom stereocenters. The van der Waals surface area contributed by atoms with Crippen LogP contribution in [0, 0.1) is 0 Å². The number of rotatable bonds is 6. The molecule has 1 fully saturated rings. The second kappa shape index (κ2) is 6.43. The summed E-state index contributed by atoms with van der Waals surface area (Å²) in [5.41, 5.74) is 1.14. The highest BCUT2D eigenvalue weighted by Gasteiger charge is 2.24. The molecule has 1 heterocycles. The van der Waals surface area contributed by atoms with Gasteiger partial charge in [0.15, 0.2) is 0 Å². The van der Waals surface area contributed by atoms with Crippen molar-refractivity contribution in [2.75, 3.05) is 11.9 Å². The van der Waals surface area contributed by atoms with E-state index in [-0.39, 0.29) is 5.91 Å². The maximum Gasteiger partial charge on any atom is 0.271 e. The molecule has 1 aromatic heterocycles. The molecule has 6 heteroatoms. The van der Waals surface area contributed by atoms with Crippen molar-refractivity contribution < 1.29 is 9.53 Å². The third-order valence-corrected chi connectivity index (χ3v) is 3.25. The fraction of sp³-hybridized carbons (Fsp3) is 0.312. The number of para-hydroxylation sites is 2. The van der Waals surface area contributed by atoms with Crippen LogP contribution in [0.2, 0.25) is 0 Å². The summed E-state index contributed by atoms with van der Waals surface area (Å²) in [6.45, 7) is 2.52. The lowest BCUT2D eigenvalue weighted by molar-refractivity contribution is 0.0945. The number of benzene rings is 1. The highest BCUT2D eigenvalue weighted by molar-refractivity contribution is 5.92. The van der Waals surface area contributed by atoms with E-state index in [9.17, 15) is 4.79 Å². The lowest BCUT2D eigenvalue weighted by Crippen LogP contribution is -2.26. The Kier molecular flexibility index (Phi) is 4.18. The van der Waals surface area contributed by atoms with E-state index in [0.29, 0.717) is 24.2 Å². The normalized spacial score (nSPS) is 13.5. The summed E-state index contributed by atoms with van der Waals surface area (Å²) in [6, 6.07) is 7.92. The van der Waals surface area contributed by atoms with Gasteiger partial charge >= 0.3 is 0 Å². The van der Waals surface area contributed by atoms with E-state index in [2.05, 4.69) is 20.6 Å². The molecule has 0 spiro atoms. The Morgan fingerprint density at radius 2 is 2.09 bits per heavy atom. The Labute approximate surface area is 128 Å². The van der Waals surface area contributed by atoms with Crippen molar-refractivity contribution in [3.05, 3.63) is 42.4 Å². The van der Waals surface area contributed by atoms with Crippen LogP contribution in [0.1, 0.15) is 30.3 Å². The molecular weight excluding hydrogens is 280 g/mol. The van der Waals surface area contributed by atoms with Gasteiger partial charge in [0.05, 0.1) is 24.7 Å². The topological polar surface area (TPSA) is 76.1 Å². The molecule has 114 valence electrons. The zero-order valence-corrected chi connectivity index (χ0v) is 12.4. The van der Waals surface area contributed by atoms with Crippen LogP contribution in [0.4, 0.5) is 11.5 Å². The number of hydrogen-bond donors (Lipinski definition) is 2. The molecule has 2 N–H and O–H groups in total. The summed E-state index contributed by atoms with van der Waals surface area (Å²) in [5, 5.41) is 6.03. The van der Waals surface area contributed by atoms with Gasteiger partial charge in [-0.2, -0.15) is 0 Å². The maximum absolute atomic E-state index is 11.8. The highest BCUT2D eigenvalue weighted by atomic mass is 16.5. The summed E-state index contributed by atoms with van der Waals surface area (Å²) >= 11 is 0. The Morgan fingerprint density at radius 1 is 1.27 bits per heavy atom. The molecule has 6 nitrogen and oxygen atoms in total. The number of hydrogen-bond acceptors (Lipinski definition) is 5. The van der Waals surface area contributed by atoms with Gasteiger partial charge < -0.3 is 15.4 Å². The molecule has 3 rings (SSSR count). The van der Waals surface area contributed by atoms with E-state index in [1.807, 2.05) is 31.2 Å².